The number of para-hydroxylation sites is 1. The first-order valence-corrected chi connectivity index (χ1v) is 6.33. The van der Waals surface area contributed by atoms with Crippen molar-refractivity contribution in [1.82, 2.24) is 0 Å². The van der Waals surface area contributed by atoms with Crippen molar-refractivity contribution in [3.05, 3.63) is 71.8 Å². The Morgan fingerprint density at radius 1 is 1.05 bits per heavy atom. The molecule has 0 atom stereocenters. The molecule has 0 amide bonds. The second-order valence-corrected chi connectivity index (χ2v) is 4.11. The van der Waals surface area contributed by atoms with Gasteiger partial charge >= 0.3 is 5.97 Å². The summed E-state index contributed by atoms with van der Waals surface area (Å²) in [6, 6.07) is 17.0. The molecule has 0 aliphatic carbocycles. The summed E-state index contributed by atoms with van der Waals surface area (Å²) in [5, 5.41) is 0. The SMILES string of the molecule is COC(=O)c1ccccc1OC/C=C/c1ccccc1. The van der Waals surface area contributed by atoms with Gasteiger partial charge < -0.3 is 9.47 Å². The molecule has 2 rings (SSSR count). The maximum atomic E-state index is 11.6. The summed E-state index contributed by atoms with van der Waals surface area (Å²) in [6.07, 6.45) is 3.88. The summed E-state index contributed by atoms with van der Waals surface area (Å²) in [4.78, 5) is 11.6. The number of esters is 1. The maximum Gasteiger partial charge on any atom is 0.341 e. The van der Waals surface area contributed by atoms with Crippen LogP contribution in [0.5, 0.6) is 5.75 Å². The number of rotatable bonds is 5. The molecule has 3 nitrogen and oxygen atoms in total. The number of hydrogen-bond donors (Lipinski definition) is 0. The van der Waals surface area contributed by atoms with Crippen molar-refractivity contribution in [2.45, 2.75) is 0 Å². The van der Waals surface area contributed by atoms with Crippen LogP contribution in [0.2, 0.25) is 0 Å². The summed E-state index contributed by atoms with van der Waals surface area (Å²) in [6.45, 7) is 0.392. The molecule has 0 heterocycles. The third-order valence-corrected chi connectivity index (χ3v) is 2.74. The fourth-order valence-corrected chi connectivity index (χ4v) is 1.76. The highest BCUT2D eigenvalue weighted by molar-refractivity contribution is 5.92. The zero-order chi connectivity index (χ0) is 14.2. The van der Waals surface area contributed by atoms with Crippen molar-refractivity contribution in [2.24, 2.45) is 0 Å². The molecule has 0 unspecified atom stereocenters. The van der Waals surface area contributed by atoms with Crippen LogP contribution >= 0.6 is 0 Å². The lowest BCUT2D eigenvalue weighted by atomic mass is 10.2. The van der Waals surface area contributed by atoms with E-state index in [1.54, 1.807) is 18.2 Å². The number of carbonyl (C=O) groups is 1. The van der Waals surface area contributed by atoms with Crippen molar-refractivity contribution in [1.29, 1.82) is 0 Å². The molecule has 0 N–H and O–H groups in total. The Balaban J connectivity index is 1.98. The minimum absolute atomic E-state index is 0.392. The molecule has 0 spiro atoms. The van der Waals surface area contributed by atoms with Crippen LogP contribution in [0.3, 0.4) is 0 Å². The van der Waals surface area contributed by atoms with Gasteiger partial charge in [0, 0.05) is 0 Å². The van der Waals surface area contributed by atoms with E-state index in [0.717, 1.165) is 5.56 Å². The van der Waals surface area contributed by atoms with Crippen molar-refractivity contribution in [2.75, 3.05) is 13.7 Å². The number of hydrogen-bond acceptors (Lipinski definition) is 3. The first-order chi connectivity index (χ1) is 9.81. The number of ether oxygens (including phenoxy) is 2. The minimum Gasteiger partial charge on any atom is -0.489 e. The Morgan fingerprint density at radius 2 is 1.75 bits per heavy atom. The summed E-state index contributed by atoms with van der Waals surface area (Å²) >= 11 is 0. The minimum atomic E-state index is -0.396. The fourth-order valence-electron chi connectivity index (χ4n) is 1.76. The zero-order valence-electron chi connectivity index (χ0n) is 11.3. The summed E-state index contributed by atoms with van der Waals surface area (Å²) in [7, 11) is 1.36. The zero-order valence-corrected chi connectivity index (χ0v) is 11.3. The van der Waals surface area contributed by atoms with E-state index in [0.29, 0.717) is 17.9 Å². The van der Waals surface area contributed by atoms with Gasteiger partial charge in [0.1, 0.15) is 17.9 Å². The highest BCUT2D eigenvalue weighted by Gasteiger charge is 2.11. The summed E-state index contributed by atoms with van der Waals surface area (Å²) in [5.74, 6) is 0.129. The van der Waals surface area contributed by atoms with Gasteiger partial charge in [-0.05, 0) is 23.8 Å². The maximum absolute atomic E-state index is 11.6. The summed E-state index contributed by atoms with van der Waals surface area (Å²) < 4.78 is 10.3. The third-order valence-electron chi connectivity index (χ3n) is 2.74. The van der Waals surface area contributed by atoms with Crippen LogP contribution in [0, 0.1) is 0 Å². The highest BCUT2D eigenvalue weighted by Crippen LogP contribution is 2.18. The van der Waals surface area contributed by atoms with Crippen LogP contribution in [0.25, 0.3) is 6.08 Å². The van der Waals surface area contributed by atoms with Crippen LogP contribution in [0.15, 0.2) is 60.7 Å². The van der Waals surface area contributed by atoms with E-state index in [-0.39, 0.29) is 0 Å². The molecule has 0 aromatic heterocycles. The van der Waals surface area contributed by atoms with Gasteiger partial charge in [0.25, 0.3) is 0 Å². The van der Waals surface area contributed by atoms with Gasteiger partial charge in [-0.15, -0.1) is 0 Å². The van der Waals surface area contributed by atoms with E-state index in [9.17, 15) is 4.79 Å². The Labute approximate surface area is 118 Å². The molecule has 102 valence electrons. The third kappa shape index (κ3) is 3.72. The smallest absolute Gasteiger partial charge is 0.341 e. The van der Waals surface area contributed by atoms with Gasteiger partial charge in [0.05, 0.1) is 7.11 Å². The standard InChI is InChI=1S/C17H16O3/c1-19-17(18)15-11-5-6-12-16(15)20-13-7-10-14-8-3-2-4-9-14/h2-12H,13H2,1H3/b10-7+. The second kappa shape index (κ2) is 7.14. The van der Waals surface area contributed by atoms with Crippen molar-refractivity contribution >= 4 is 12.0 Å². The van der Waals surface area contributed by atoms with Crippen molar-refractivity contribution in [3.63, 3.8) is 0 Å². The second-order valence-electron chi connectivity index (χ2n) is 4.11. The van der Waals surface area contributed by atoms with Gasteiger partial charge in [0.2, 0.25) is 0 Å². The molecule has 0 bridgehead atoms. The molecule has 0 aliphatic heterocycles. The number of methoxy groups -OCH3 is 1. The van der Waals surface area contributed by atoms with Gasteiger partial charge in [-0.3, -0.25) is 0 Å². The van der Waals surface area contributed by atoms with E-state index >= 15 is 0 Å². The first kappa shape index (κ1) is 13.9. The molecule has 0 aliphatic rings. The molecular formula is C17H16O3. The first-order valence-electron chi connectivity index (χ1n) is 6.33. The number of benzene rings is 2. The lowest BCUT2D eigenvalue weighted by Gasteiger charge is -2.07. The lowest BCUT2D eigenvalue weighted by molar-refractivity contribution is 0.0596. The van der Waals surface area contributed by atoms with Crippen molar-refractivity contribution < 1.29 is 14.3 Å². The van der Waals surface area contributed by atoms with Crippen LogP contribution in [0.4, 0.5) is 0 Å². The van der Waals surface area contributed by atoms with Crippen LogP contribution < -0.4 is 4.74 Å². The predicted octanol–water partition coefficient (Wildman–Crippen LogP) is 3.57. The Hall–Kier alpha value is -2.55. The predicted molar refractivity (Wildman–Crippen MR) is 78.8 cm³/mol. The van der Waals surface area contributed by atoms with Gasteiger partial charge in [0.15, 0.2) is 0 Å². The van der Waals surface area contributed by atoms with Crippen molar-refractivity contribution in [3.8, 4) is 5.75 Å². The van der Waals surface area contributed by atoms with E-state index in [1.807, 2.05) is 48.6 Å². The molecule has 0 saturated carbocycles. The molecule has 20 heavy (non-hydrogen) atoms. The quantitative estimate of drug-likeness (QED) is 0.778. The normalized spacial score (nSPS) is 10.4. The Morgan fingerprint density at radius 3 is 2.50 bits per heavy atom. The van der Waals surface area contributed by atoms with Crippen LogP contribution in [-0.2, 0) is 4.74 Å². The monoisotopic (exact) mass is 268 g/mol. The topological polar surface area (TPSA) is 35.5 Å². The molecular weight excluding hydrogens is 252 g/mol. The van der Waals surface area contributed by atoms with E-state index in [1.165, 1.54) is 7.11 Å². The fraction of sp³-hybridized carbons (Fsp3) is 0.118. The largest absolute Gasteiger partial charge is 0.489 e. The van der Waals surface area contributed by atoms with Gasteiger partial charge in [-0.25, -0.2) is 4.79 Å². The van der Waals surface area contributed by atoms with Gasteiger partial charge in [-0.2, -0.15) is 0 Å². The molecule has 2 aromatic rings. The molecule has 2 aromatic carbocycles. The van der Waals surface area contributed by atoms with Gasteiger partial charge in [-0.1, -0.05) is 48.5 Å². The molecule has 0 fully saturated rings. The molecule has 0 saturated heterocycles. The highest BCUT2D eigenvalue weighted by atomic mass is 16.5. The van der Waals surface area contributed by atoms with Crippen LogP contribution in [0.1, 0.15) is 15.9 Å². The van der Waals surface area contributed by atoms with Crippen LogP contribution in [-0.4, -0.2) is 19.7 Å². The van der Waals surface area contributed by atoms with E-state index in [4.69, 9.17) is 9.47 Å². The van der Waals surface area contributed by atoms with E-state index in [2.05, 4.69) is 0 Å². The molecule has 3 heteroatoms. The van der Waals surface area contributed by atoms with E-state index < -0.39 is 5.97 Å². The Bertz CT molecular complexity index is 588. The Kier molecular flexibility index (Phi) is 4.95. The average Bonchev–Trinajstić information content (AvgIpc) is 2.52. The average molecular weight is 268 g/mol. The number of carbonyl (C=O) groups excluding carboxylic acids is 1. The lowest BCUT2D eigenvalue weighted by Crippen LogP contribution is -2.05. The molecule has 0 radical (unpaired) electrons. The summed E-state index contributed by atoms with van der Waals surface area (Å²) in [5.41, 5.74) is 1.54.